The largest absolute Gasteiger partial charge is 0.493 e. The molecule has 30 heavy (non-hydrogen) atoms. The second-order valence-electron chi connectivity index (χ2n) is 8.02. The van der Waals surface area contributed by atoms with E-state index in [1.165, 1.54) is 5.56 Å². The van der Waals surface area contributed by atoms with Crippen molar-refractivity contribution in [1.29, 1.82) is 0 Å². The Bertz CT molecular complexity index is 1020. The predicted molar refractivity (Wildman–Crippen MR) is 121 cm³/mol. The molecule has 1 amide bonds. The zero-order valence-corrected chi connectivity index (χ0v) is 17.7. The van der Waals surface area contributed by atoms with Crippen LogP contribution in [0.3, 0.4) is 0 Å². The van der Waals surface area contributed by atoms with E-state index in [2.05, 4.69) is 43.4 Å². The molecule has 0 radical (unpaired) electrons. The lowest BCUT2D eigenvalue weighted by Gasteiger charge is -2.36. The number of carbonyl (C=O) groups excluding carboxylic acids is 1. The average molecular weight is 404 g/mol. The highest BCUT2D eigenvalue weighted by Gasteiger charge is 2.41. The first-order valence-electron chi connectivity index (χ1n) is 10.7. The highest BCUT2D eigenvalue weighted by atomic mass is 16.5. The van der Waals surface area contributed by atoms with Crippen LogP contribution in [-0.2, 0) is 14.9 Å². The molecule has 0 spiro atoms. The number of nitrogens with one attached hydrogen (secondary N) is 1. The van der Waals surface area contributed by atoms with Gasteiger partial charge in [-0.2, -0.15) is 0 Å². The minimum atomic E-state index is -0.579. The first-order valence-corrected chi connectivity index (χ1v) is 10.7. The summed E-state index contributed by atoms with van der Waals surface area (Å²) in [6, 6.07) is 20.3. The SMILES string of the molecule is CCCOc1ccc(NC(=O)C2(c3ccc(C)cc3)CCOCC2)c2ccccc12. The van der Waals surface area contributed by atoms with E-state index < -0.39 is 5.41 Å². The summed E-state index contributed by atoms with van der Waals surface area (Å²) < 4.78 is 11.5. The molecule has 0 saturated carbocycles. The van der Waals surface area contributed by atoms with E-state index in [0.717, 1.165) is 34.2 Å². The Labute approximate surface area is 178 Å². The minimum absolute atomic E-state index is 0.0297. The number of ether oxygens (including phenoxy) is 2. The molecule has 0 bridgehead atoms. The summed E-state index contributed by atoms with van der Waals surface area (Å²) in [6.45, 7) is 6.01. The number of hydrogen-bond acceptors (Lipinski definition) is 3. The Kier molecular flexibility index (Phi) is 6.05. The van der Waals surface area contributed by atoms with Gasteiger partial charge in [-0.15, -0.1) is 0 Å². The molecule has 0 atom stereocenters. The molecule has 1 fully saturated rings. The second-order valence-corrected chi connectivity index (χ2v) is 8.02. The smallest absolute Gasteiger partial charge is 0.235 e. The number of benzene rings is 3. The molecule has 3 aromatic rings. The minimum Gasteiger partial charge on any atom is -0.493 e. The first-order chi connectivity index (χ1) is 14.6. The molecular formula is C26H29NO3. The number of hydrogen-bond donors (Lipinski definition) is 1. The van der Waals surface area contributed by atoms with Gasteiger partial charge >= 0.3 is 0 Å². The van der Waals surface area contributed by atoms with E-state index in [1.807, 2.05) is 36.4 Å². The molecule has 0 aromatic heterocycles. The van der Waals surface area contributed by atoms with E-state index in [4.69, 9.17) is 9.47 Å². The van der Waals surface area contributed by atoms with Crippen molar-refractivity contribution in [3.63, 3.8) is 0 Å². The van der Waals surface area contributed by atoms with Crippen molar-refractivity contribution in [3.8, 4) is 5.75 Å². The van der Waals surface area contributed by atoms with Crippen LogP contribution in [0.4, 0.5) is 5.69 Å². The standard InChI is InChI=1S/C26H29NO3/c1-3-16-30-24-13-12-23(21-6-4-5-7-22(21)24)27-25(28)26(14-17-29-18-15-26)20-10-8-19(2)9-11-20/h4-13H,3,14-18H2,1-2H3,(H,27,28). The fraction of sp³-hybridized carbons (Fsp3) is 0.346. The van der Waals surface area contributed by atoms with Crippen molar-refractivity contribution in [2.75, 3.05) is 25.1 Å². The molecule has 0 unspecified atom stereocenters. The van der Waals surface area contributed by atoms with Crippen LogP contribution < -0.4 is 10.1 Å². The highest BCUT2D eigenvalue weighted by molar-refractivity contribution is 6.07. The van der Waals surface area contributed by atoms with Crippen molar-refractivity contribution in [3.05, 3.63) is 71.8 Å². The second kappa shape index (κ2) is 8.88. The number of fused-ring (bicyclic) bond motifs is 1. The lowest BCUT2D eigenvalue weighted by molar-refractivity contribution is -0.125. The number of carbonyl (C=O) groups is 1. The van der Waals surface area contributed by atoms with Gasteiger partial charge in [0.15, 0.2) is 0 Å². The maximum Gasteiger partial charge on any atom is 0.235 e. The summed E-state index contributed by atoms with van der Waals surface area (Å²) in [6.07, 6.45) is 2.31. The Morgan fingerprint density at radius 3 is 2.40 bits per heavy atom. The summed E-state index contributed by atoms with van der Waals surface area (Å²) in [4.78, 5) is 13.7. The van der Waals surface area contributed by atoms with Crippen LogP contribution >= 0.6 is 0 Å². The van der Waals surface area contributed by atoms with Gasteiger partial charge in [0.05, 0.1) is 12.0 Å². The third-order valence-electron chi connectivity index (χ3n) is 5.98. The normalized spacial score (nSPS) is 15.7. The Hall–Kier alpha value is -2.85. The van der Waals surface area contributed by atoms with Crippen LogP contribution in [-0.4, -0.2) is 25.7 Å². The predicted octanol–water partition coefficient (Wildman–Crippen LogP) is 5.62. The molecule has 1 aliphatic rings. The van der Waals surface area contributed by atoms with Crippen LogP contribution in [0.5, 0.6) is 5.75 Å². The topological polar surface area (TPSA) is 47.6 Å². The van der Waals surface area contributed by atoms with Gasteiger partial charge in [0.25, 0.3) is 0 Å². The van der Waals surface area contributed by atoms with Gasteiger partial charge in [-0.1, -0.05) is 61.0 Å². The molecule has 4 nitrogen and oxygen atoms in total. The lowest BCUT2D eigenvalue weighted by atomic mass is 9.73. The number of anilines is 1. The zero-order valence-electron chi connectivity index (χ0n) is 17.7. The van der Waals surface area contributed by atoms with Crippen LogP contribution in [0, 0.1) is 6.92 Å². The maximum absolute atomic E-state index is 13.7. The lowest BCUT2D eigenvalue weighted by Crippen LogP contribution is -2.44. The fourth-order valence-corrected chi connectivity index (χ4v) is 4.20. The zero-order chi connectivity index (χ0) is 21.0. The van der Waals surface area contributed by atoms with E-state index in [-0.39, 0.29) is 5.91 Å². The molecule has 4 rings (SSSR count). The van der Waals surface area contributed by atoms with Gasteiger partial charge < -0.3 is 14.8 Å². The van der Waals surface area contributed by atoms with Crippen LogP contribution in [0.2, 0.25) is 0 Å². The van der Waals surface area contributed by atoms with E-state index >= 15 is 0 Å². The molecular weight excluding hydrogens is 374 g/mol. The Morgan fingerprint density at radius 2 is 1.70 bits per heavy atom. The van der Waals surface area contributed by atoms with E-state index in [9.17, 15) is 4.79 Å². The Morgan fingerprint density at radius 1 is 1.00 bits per heavy atom. The summed E-state index contributed by atoms with van der Waals surface area (Å²) >= 11 is 0. The molecule has 0 aliphatic carbocycles. The summed E-state index contributed by atoms with van der Waals surface area (Å²) in [5.74, 6) is 0.881. The van der Waals surface area contributed by atoms with Crippen molar-refractivity contribution >= 4 is 22.4 Å². The quantitative estimate of drug-likeness (QED) is 0.581. The van der Waals surface area contributed by atoms with Crippen molar-refractivity contribution in [2.24, 2.45) is 0 Å². The summed E-state index contributed by atoms with van der Waals surface area (Å²) in [7, 11) is 0. The molecule has 1 heterocycles. The number of rotatable bonds is 6. The fourth-order valence-electron chi connectivity index (χ4n) is 4.20. The molecule has 1 aliphatic heterocycles. The average Bonchev–Trinajstić information content (AvgIpc) is 2.79. The third kappa shape index (κ3) is 3.92. The number of aryl methyl sites for hydroxylation is 1. The van der Waals surface area contributed by atoms with Gasteiger partial charge in [-0.05, 0) is 43.9 Å². The van der Waals surface area contributed by atoms with Crippen molar-refractivity contribution in [2.45, 2.75) is 38.5 Å². The van der Waals surface area contributed by atoms with Gasteiger partial charge in [0.1, 0.15) is 5.75 Å². The van der Waals surface area contributed by atoms with E-state index in [1.54, 1.807) is 0 Å². The molecule has 1 saturated heterocycles. The first kappa shape index (κ1) is 20.4. The monoisotopic (exact) mass is 403 g/mol. The number of amides is 1. The van der Waals surface area contributed by atoms with Gasteiger partial charge in [0.2, 0.25) is 5.91 Å². The van der Waals surface area contributed by atoms with Crippen LogP contribution in [0.25, 0.3) is 10.8 Å². The van der Waals surface area contributed by atoms with Crippen LogP contribution in [0.15, 0.2) is 60.7 Å². The molecule has 4 heteroatoms. The highest BCUT2D eigenvalue weighted by Crippen LogP contribution is 2.38. The van der Waals surface area contributed by atoms with Crippen molar-refractivity contribution in [1.82, 2.24) is 0 Å². The van der Waals surface area contributed by atoms with Gasteiger partial charge in [0, 0.05) is 29.7 Å². The Balaban J connectivity index is 1.69. The van der Waals surface area contributed by atoms with Gasteiger partial charge in [-0.3, -0.25) is 4.79 Å². The maximum atomic E-state index is 13.7. The van der Waals surface area contributed by atoms with Crippen molar-refractivity contribution < 1.29 is 14.3 Å². The third-order valence-corrected chi connectivity index (χ3v) is 5.98. The van der Waals surface area contributed by atoms with Crippen LogP contribution in [0.1, 0.15) is 37.3 Å². The molecule has 156 valence electrons. The summed E-state index contributed by atoms with van der Waals surface area (Å²) in [5, 5.41) is 5.25. The summed E-state index contributed by atoms with van der Waals surface area (Å²) in [5.41, 5.74) is 2.48. The molecule has 3 aromatic carbocycles. The van der Waals surface area contributed by atoms with E-state index in [0.29, 0.717) is 32.7 Å². The van der Waals surface area contributed by atoms with Gasteiger partial charge in [-0.25, -0.2) is 0 Å². The molecule has 1 N–H and O–H groups in total.